The number of fused-ring (bicyclic) bond motifs is 1. The fourth-order valence-corrected chi connectivity index (χ4v) is 3.01. The molecule has 1 aliphatic carbocycles. The molecule has 1 saturated heterocycles. The monoisotopic (exact) mass is 287 g/mol. The molecule has 5 nitrogen and oxygen atoms in total. The van der Waals surface area contributed by atoms with E-state index in [9.17, 15) is 9.59 Å². The molecule has 0 radical (unpaired) electrons. The lowest BCUT2D eigenvalue weighted by atomic mass is 9.85. The van der Waals surface area contributed by atoms with Crippen LogP contribution in [-0.2, 0) is 9.59 Å². The Morgan fingerprint density at radius 2 is 1.62 bits per heavy atom. The second-order valence-electron chi connectivity index (χ2n) is 5.21. The van der Waals surface area contributed by atoms with Crippen molar-refractivity contribution in [2.45, 2.75) is 12.8 Å². The van der Waals surface area contributed by atoms with Gasteiger partial charge in [-0.15, -0.1) is 0 Å². The zero-order valence-corrected chi connectivity index (χ0v) is 12.0. The maximum Gasteiger partial charge on any atom is 0.238 e. The van der Waals surface area contributed by atoms with Crippen LogP contribution in [0.15, 0.2) is 30.4 Å². The van der Waals surface area contributed by atoms with Crippen LogP contribution in [0.25, 0.3) is 0 Å². The molecule has 0 bridgehead atoms. The van der Waals surface area contributed by atoms with Crippen LogP contribution < -0.4 is 14.4 Å². The first-order valence-electron chi connectivity index (χ1n) is 6.92. The molecule has 2 atom stereocenters. The van der Waals surface area contributed by atoms with E-state index >= 15 is 0 Å². The number of amides is 2. The fraction of sp³-hybridized carbons (Fsp3) is 0.375. The number of anilines is 1. The topological polar surface area (TPSA) is 55.8 Å². The van der Waals surface area contributed by atoms with Crippen LogP contribution >= 0.6 is 0 Å². The van der Waals surface area contributed by atoms with Crippen molar-refractivity contribution >= 4 is 17.5 Å². The summed E-state index contributed by atoms with van der Waals surface area (Å²) in [6.45, 7) is 0. The van der Waals surface area contributed by atoms with Crippen LogP contribution in [-0.4, -0.2) is 26.0 Å². The molecule has 0 aromatic heterocycles. The molecule has 0 N–H and O–H groups in total. The van der Waals surface area contributed by atoms with Gasteiger partial charge in [0.25, 0.3) is 0 Å². The first-order valence-corrected chi connectivity index (χ1v) is 6.92. The van der Waals surface area contributed by atoms with Gasteiger partial charge in [0.2, 0.25) is 11.8 Å². The Hall–Kier alpha value is -2.30. The number of allylic oxidation sites excluding steroid dienone is 2. The highest BCUT2D eigenvalue weighted by Crippen LogP contribution is 2.41. The molecule has 0 spiro atoms. The highest BCUT2D eigenvalue weighted by atomic mass is 16.5. The SMILES string of the molecule is COc1ccc(OC)c(N2C(=O)C3CC=CCC3C2=O)c1. The molecule has 2 aliphatic rings. The third-order valence-corrected chi connectivity index (χ3v) is 4.13. The summed E-state index contributed by atoms with van der Waals surface area (Å²) < 4.78 is 10.5. The average Bonchev–Trinajstić information content (AvgIpc) is 2.78. The first kappa shape index (κ1) is 13.7. The number of nitrogens with zero attached hydrogens (tertiary/aromatic N) is 1. The number of hydrogen-bond acceptors (Lipinski definition) is 4. The van der Waals surface area contributed by atoms with Gasteiger partial charge >= 0.3 is 0 Å². The zero-order chi connectivity index (χ0) is 15.0. The van der Waals surface area contributed by atoms with Crippen molar-refractivity contribution in [2.24, 2.45) is 11.8 Å². The molecule has 2 amide bonds. The van der Waals surface area contributed by atoms with E-state index in [1.165, 1.54) is 12.0 Å². The lowest BCUT2D eigenvalue weighted by molar-refractivity contribution is -0.122. The molecule has 1 aromatic rings. The van der Waals surface area contributed by atoms with Gasteiger partial charge in [-0.1, -0.05) is 12.2 Å². The van der Waals surface area contributed by atoms with Gasteiger partial charge in [0.05, 0.1) is 31.7 Å². The van der Waals surface area contributed by atoms with Crippen LogP contribution in [0, 0.1) is 11.8 Å². The van der Waals surface area contributed by atoms with Crippen LogP contribution in [0.3, 0.4) is 0 Å². The Kier molecular flexibility index (Phi) is 3.41. The van der Waals surface area contributed by atoms with E-state index in [0.717, 1.165) is 0 Å². The molecular formula is C16H17NO4. The minimum atomic E-state index is -0.251. The predicted octanol–water partition coefficient (Wildman–Crippen LogP) is 2.16. The molecule has 21 heavy (non-hydrogen) atoms. The molecule has 1 fully saturated rings. The maximum atomic E-state index is 12.6. The molecule has 1 heterocycles. The molecular weight excluding hydrogens is 270 g/mol. The summed E-state index contributed by atoms with van der Waals surface area (Å²) >= 11 is 0. The van der Waals surface area contributed by atoms with Gasteiger partial charge in [-0.25, -0.2) is 4.90 Å². The Morgan fingerprint density at radius 1 is 1.00 bits per heavy atom. The summed E-state index contributed by atoms with van der Waals surface area (Å²) in [6, 6.07) is 5.11. The molecule has 3 rings (SSSR count). The molecule has 0 saturated carbocycles. The van der Waals surface area contributed by atoms with Gasteiger partial charge in [0.15, 0.2) is 0 Å². The highest BCUT2D eigenvalue weighted by Gasteiger charge is 2.48. The van der Waals surface area contributed by atoms with Crippen molar-refractivity contribution in [3.63, 3.8) is 0 Å². The van der Waals surface area contributed by atoms with E-state index in [1.54, 1.807) is 25.3 Å². The zero-order valence-electron chi connectivity index (χ0n) is 12.0. The Balaban J connectivity index is 2.04. The van der Waals surface area contributed by atoms with E-state index in [-0.39, 0.29) is 23.7 Å². The van der Waals surface area contributed by atoms with E-state index in [1.807, 2.05) is 12.2 Å². The number of ether oxygens (including phenoxy) is 2. The standard InChI is InChI=1S/C16H17NO4/c1-20-10-7-8-14(21-2)13(9-10)17-15(18)11-5-3-4-6-12(11)16(17)19/h3-4,7-9,11-12H,5-6H2,1-2H3. The average molecular weight is 287 g/mol. The van der Waals surface area contributed by atoms with Crippen molar-refractivity contribution in [2.75, 3.05) is 19.1 Å². The Bertz CT molecular complexity index is 597. The van der Waals surface area contributed by atoms with Crippen molar-refractivity contribution in [3.8, 4) is 11.5 Å². The minimum Gasteiger partial charge on any atom is -0.497 e. The van der Waals surface area contributed by atoms with E-state index in [2.05, 4.69) is 0 Å². The van der Waals surface area contributed by atoms with Crippen LogP contribution in [0.4, 0.5) is 5.69 Å². The van der Waals surface area contributed by atoms with E-state index in [0.29, 0.717) is 30.0 Å². The third-order valence-electron chi connectivity index (χ3n) is 4.13. The summed E-state index contributed by atoms with van der Waals surface area (Å²) in [5, 5.41) is 0. The number of rotatable bonds is 3. The summed E-state index contributed by atoms with van der Waals surface area (Å²) in [7, 11) is 3.06. The second kappa shape index (κ2) is 5.24. The minimum absolute atomic E-state index is 0.152. The number of methoxy groups -OCH3 is 2. The molecule has 2 unspecified atom stereocenters. The van der Waals surface area contributed by atoms with Crippen LogP contribution in [0.1, 0.15) is 12.8 Å². The quantitative estimate of drug-likeness (QED) is 0.631. The molecule has 1 aromatic carbocycles. The smallest absolute Gasteiger partial charge is 0.238 e. The number of carbonyl (C=O) groups excluding carboxylic acids is 2. The molecule has 5 heteroatoms. The second-order valence-corrected chi connectivity index (χ2v) is 5.21. The van der Waals surface area contributed by atoms with Gasteiger partial charge in [-0.2, -0.15) is 0 Å². The van der Waals surface area contributed by atoms with Crippen molar-refractivity contribution in [1.82, 2.24) is 0 Å². The fourth-order valence-electron chi connectivity index (χ4n) is 3.01. The van der Waals surface area contributed by atoms with Crippen molar-refractivity contribution in [3.05, 3.63) is 30.4 Å². The van der Waals surface area contributed by atoms with Gasteiger partial charge in [0.1, 0.15) is 11.5 Å². The van der Waals surface area contributed by atoms with Gasteiger partial charge < -0.3 is 9.47 Å². The maximum absolute atomic E-state index is 12.6. The number of hydrogen-bond donors (Lipinski definition) is 0. The number of imide groups is 1. The van der Waals surface area contributed by atoms with Crippen LogP contribution in [0.5, 0.6) is 11.5 Å². The Morgan fingerprint density at radius 3 is 2.14 bits per heavy atom. The lowest BCUT2D eigenvalue weighted by Gasteiger charge is -2.18. The lowest BCUT2D eigenvalue weighted by Crippen LogP contribution is -2.31. The van der Waals surface area contributed by atoms with E-state index in [4.69, 9.17) is 9.47 Å². The van der Waals surface area contributed by atoms with Gasteiger partial charge in [-0.05, 0) is 25.0 Å². The van der Waals surface area contributed by atoms with Crippen LogP contribution in [0.2, 0.25) is 0 Å². The summed E-state index contributed by atoms with van der Waals surface area (Å²) in [6.07, 6.45) is 5.19. The highest BCUT2D eigenvalue weighted by molar-refractivity contribution is 6.23. The van der Waals surface area contributed by atoms with Gasteiger partial charge in [0, 0.05) is 6.07 Å². The van der Waals surface area contributed by atoms with E-state index < -0.39 is 0 Å². The predicted molar refractivity (Wildman–Crippen MR) is 77.4 cm³/mol. The third kappa shape index (κ3) is 2.09. The Labute approximate surface area is 123 Å². The number of carbonyl (C=O) groups is 2. The summed E-state index contributed by atoms with van der Waals surface area (Å²) in [4.78, 5) is 26.4. The normalized spacial score (nSPS) is 24.2. The number of benzene rings is 1. The van der Waals surface area contributed by atoms with Gasteiger partial charge in [-0.3, -0.25) is 9.59 Å². The first-order chi connectivity index (χ1) is 10.2. The largest absolute Gasteiger partial charge is 0.497 e. The summed E-state index contributed by atoms with van der Waals surface area (Å²) in [5.41, 5.74) is 0.459. The van der Waals surface area contributed by atoms with Crippen molar-refractivity contribution < 1.29 is 19.1 Å². The van der Waals surface area contributed by atoms with Crippen molar-refractivity contribution in [1.29, 1.82) is 0 Å². The molecule has 1 aliphatic heterocycles. The molecule has 110 valence electrons. The summed E-state index contributed by atoms with van der Waals surface area (Å²) in [5.74, 6) is 0.266.